The molecule has 7 heteroatoms. The third-order valence-electron chi connectivity index (χ3n) is 4.52. The average Bonchev–Trinajstić information content (AvgIpc) is 3.31. The van der Waals surface area contributed by atoms with Crippen molar-refractivity contribution in [2.24, 2.45) is 0 Å². The molecular weight excluding hydrogens is 327 g/mol. The molecule has 6 nitrogen and oxygen atoms in total. The van der Waals surface area contributed by atoms with Gasteiger partial charge in [0.2, 0.25) is 0 Å². The van der Waals surface area contributed by atoms with Crippen LogP contribution in [0.3, 0.4) is 0 Å². The van der Waals surface area contributed by atoms with Crippen LogP contribution in [0.4, 0.5) is 4.39 Å². The summed E-state index contributed by atoms with van der Waals surface area (Å²) in [6.45, 7) is 3.14. The summed E-state index contributed by atoms with van der Waals surface area (Å²) in [6.07, 6.45) is 1.91. The molecule has 0 saturated heterocycles. The molecule has 1 fully saturated rings. The lowest BCUT2D eigenvalue weighted by Crippen LogP contribution is -2.25. The van der Waals surface area contributed by atoms with Crippen molar-refractivity contribution in [2.75, 3.05) is 0 Å². The quantitative estimate of drug-likeness (QED) is 0.724. The number of fused-ring (bicyclic) bond motifs is 1. The summed E-state index contributed by atoms with van der Waals surface area (Å²) >= 11 is 0. The van der Waals surface area contributed by atoms with Crippen LogP contribution in [0.1, 0.15) is 59.2 Å². The summed E-state index contributed by atoms with van der Waals surface area (Å²) in [5, 5.41) is 26.8. The summed E-state index contributed by atoms with van der Waals surface area (Å²) in [6, 6.07) is 1.38. The first-order valence-corrected chi connectivity index (χ1v) is 8.09. The van der Waals surface area contributed by atoms with E-state index in [1.54, 1.807) is 6.92 Å². The molecule has 1 aliphatic carbocycles. The van der Waals surface area contributed by atoms with Gasteiger partial charge in [0, 0.05) is 23.9 Å². The van der Waals surface area contributed by atoms with Crippen molar-refractivity contribution in [2.45, 2.75) is 45.1 Å². The number of aryl methyl sites for hydroxylation is 1. The standard InChI is InChI=1S/C18H19FN2O4/c1-8(22)5-14(20)15-9(2)16-11(10-3-4-10)6-12(18(24)25)17(23)21(16)7-13(15)19/h6-8,10,20,22H,3-5H2,1-2H3,(H,24,25)/t8-/m1/s1. The fraction of sp³-hybridized carbons (Fsp3) is 0.389. The summed E-state index contributed by atoms with van der Waals surface area (Å²) in [4.78, 5) is 23.8. The molecule has 2 aromatic rings. The Morgan fingerprint density at radius 1 is 1.48 bits per heavy atom. The van der Waals surface area contributed by atoms with Crippen LogP contribution in [0.5, 0.6) is 0 Å². The van der Waals surface area contributed by atoms with Gasteiger partial charge in [-0.1, -0.05) is 0 Å². The molecule has 3 N–H and O–H groups in total. The van der Waals surface area contributed by atoms with E-state index in [2.05, 4.69) is 0 Å². The number of nitrogens with zero attached hydrogens (tertiary/aromatic N) is 1. The van der Waals surface area contributed by atoms with Gasteiger partial charge in [-0.05, 0) is 49.8 Å². The molecule has 2 aromatic heterocycles. The SMILES string of the molecule is Cc1c(C(=N)C[C@@H](C)O)c(F)cn2c(=O)c(C(=O)O)cc(C3CC3)c12. The molecule has 132 valence electrons. The Balaban J connectivity index is 2.36. The fourth-order valence-electron chi connectivity index (χ4n) is 3.28. The molecule has 0 amide bonds. The number of carbonyl (C=O) groups is 1. The summed E-state index contributed by atoms with van der Waals surface area (Å²) in [7, 11) is 0. The number of aliphatic hydroxyl groups is 1. The van der Waals surface area contributed by atoms with Crippen LogP contribution in [0.25, 0.3) is 5.52 Å². The molecule has 0 bridgehead atoms. The number of aromatic carboxylic acids is 1. The highest BCUT2D eigenvalue weighted by atomic mass is 19.1. The predicted octanol–water partition coefficient (Wildman–Crippen LogP) is 2.46. The number of halogens is 1. The molecule has 1 aliphatic rings. The van der Waals surface area contributed by atoms with Crippen molar-refractivity contribution in [3.8, 4) is 0 Å². The Kier molecular flexibility index (Phi) is 4.20. The zero-order valence-corrected chi connectivity index (χ0v) is 14.0. The number of carboxylic acids is 1. The molecule has 0 spiro atoms. The number of hydrogen-bond acceptors (Lipinski definition) is 4. The van der Waals surface area contributed by atoms with Crippen LogP contribution >= 0.6 is 0 Å². The van der Waals surface area contributed by atoms with Gasteiger partial charge in [-0.25, -0.2) is 9.18 Å². The van der Waals surface area contributed by atoms with Crippen LogP contribution in [0, 0.1) is 18.2 Å². The van der Waals surface area contributed by atoms with E-state index in [1.165, 1.54) is 13.0 Å². The largest absolute Gasteiger partial charge is 0.477 e. The van der Waals surface area contributed by atoms with Crippen LogP contribution in [0.2, 0.25) is 0 Å². The maximum absolute atomic E-state index is 14.6. The summed E-state index contributed by atoms with van der Waals surface area (Å²) in [5.41, 5.74) is 0.410. The molecule has 1 saturated carbocycles. The molecule has 0 aromatic carbocycles. The second kappa shape index (κ2) is 6.07. The number of carboxylic acid groups (broad SMARTS) is 1. The number of rotatable bonds is 5. The topological polar surface area (TPSA) is 103 Å². The van der Waals surface area contributed by atoms with Gasteiger partial charge >= 0.3 is 5.97 Å². The average molecular weight is 346 g/mol. The van der Waals surface area contributed by atoms with E-state index in [9.17, 15) is 24.2 Å². The Hall–Kier alpha value is -2.54. The van der Waals surface area contributed by atoms with Crippen molar-refractivity contribution in [3.05, 3.63) is 50.7 Å². The van der Waals surface area contributed by atoms with Gasteiger partial charge in [0.15, 0.2) is 0 Å². The van der Waals surface area contributed by atoms with E-state index in [-0.39, 0.29) is 29.2 Å². The van der Waals surface area contributed by atoms with Gasteiger partial charge in [-0.3, -0.25) is 9.20 Å². The lowest BCUT2D eigenvalue weighted by atomic mass is 9.96. The number of pyridine rings is 2. The minimum Gasteiger partial charge on any atom is -0.477 e. The highest BCUT2D eigenvalue weighted by molar-refractivity contribution is 6.01. The third kappa shape index (κ3) is 2.95. The molecule has 3 rings (SSSR count). The maximum atomic E-state index is 14.6. The highest BCUT2D eigenvalue weighted by Gasteiger charge is 2.30. The highest BCUT2D eigenvalue weighted by Crippen LogP contribution is 2.43. The van der Waals surface area contributed by atoms with Gasteiger partial charge in [-0.15, -0.1) is 0 Å². The smallest absolute Gasteiger partial charge is 0.341 e. The van der Waals surface area contributed by atoms with Crippen molar-refractivity contribution >= 4 is 17.2 Å². The van der Waals surface area contributed by atoms with Gasteiger partial charge in [0.25, 0.3) is 5.56 Å². The molecule has 2 heterocycles. The number of aliphatic hydroxyl groups excluding tert-OH is 1. The van der Waals surface area contributed by atoms with E-state index < -0.39 is 23.4 Å². The Morgan fingerprint density at radius 3 is 2.64 bits per heavy atom. The summed E-state index contributed by atoms with van der Waals surface area (Å²) in [5.74, 6) is -1.98. The number of aromatic nitrogens is 1. The van der Waals surface area contributed by atoms with E-state index in [1.807, 2.05) is 0 Å². The molecule has 25 heavy (non-hydrogen) atoms. The van der Waals surface area contributed by atoms with Gasteiger partial charge in [-0.2, -0.15) is 0 Å². The summed E-state index contributed by atoms with van der Waals surface area (Å²) < 4.78 is 15.7. The molecule has 1 atom stereocenters. The van der Waals surface area contributed by atoms with Crippen LogP contribution in [0.15, 0.2) is 17.1 Å². The van der Waals surface area contributed by atoms with E-state index >= 15 is 0 Å². The predicted molar refractivity (Wildman–Crippen MR) is 90.4 cm³/mol. The Bertz CT molecular complexity index is 958. The van der Waals surface area contributed by atoms with Gasteiger partial charge in [0.1, 0.15) is 11.4 Å². The Labute approximate surface area is 143 Å². The second-order valence-electron chi connectivity index (χ2n) is 6.63. The van der Waals surface area contributed by atoms with Crippen LogP contribution < -0.4 is 5.56 Å². The molecule has 0 radical (unpaired) electrons. The minimum atomic E-state index is -1.34. The van der Waals surface area contributed by atoms with Gasteiger partial charge in [0.05, 0.1) is 11.6 Å². The van der Waals surface area contributed by atoms with Crippen molar-refractivity contribution < 1.29 is 19.4 Å². The van der Waals surface area contributed by atoms with E-state index in [4.69, 9.17) is 5.41 Å². The number of nitrogens with one attached hydrogen (secondary N) is 1. The van der Waals surface area contributed by atoms with Crippen molar-refractivity contribution in [3.63, 3.8) is 0 Å². The van der Waals surface area contributed by atoms with Crippen molar-refractivity contribution in [1.29, 1.82) is 5.41 Å². The molecular formula is C18H19FN2O4. The van der Waals surface area contributed by atoms with Crippen LogP contribution in [-0.2, 0) is 0 Å². The van der Waals surface area contributed by atoms with Gasteiger partial charge < -0.3 is 15.6 Å². The second-order valence-corrected chi connectivity index (χ2v) is 6.63. The normalized spacial score (nSPS) is 15.4. The minimum absolute atomic E-state index is 0.00978. The van der Waals surface area contributed by atoms with E-state index in [0.29, 0.717) is 16.6 Å². The fourth-order valence-corrected chi connectivity index (χ4v) is 3.28. The third-order valence-corrected chi connectivity index (χ3v) is 4.52. The number of hydrogen-bond donors (Lipinski definition) is 3. The zero-order valence-electron chi connectivity index (χ0n) is 14.0. The van der Waals surface area contributed by atoms with E-state index in [0.717, 1.165) is 23.4 Å². The maximum Gasteiger partial charge on any atom is 0.341 e. The van der Waals surface area contributed by atoms with Crippen molar-refractivity contribution in [1.82, 2.24) is 4.40 Å². The monoisotopic (exact) mass is 346 g/mol. The first-order valence-electron chi connectivity index (χ1n) is 8.09. The molecule has 0 aliphatic heterocycles. The lowest BCUT2D eigenvalue weighted by Gasteiger charge is -2.17. The molecule has 0 unspecified atom stereocenters. The first-order chi connectivity index (χ1) is 11.7. The lowest BCUT2D eigenvalue weighted by molar-refractivity contribution is 0.0694. The zero-order chi connectivity index (χ0) is 18.5. The Morgan fingerprint density at radius 2 is 2.12 bits per heavy atom. The van der Waals surface area contributed by atoms with Crippen LogP contribution in [-0.4, -0.2) is 32.4 Å². The first kappa shape index (κ1) is 17.3.